The van der Waals surface area contributed by atoms with Gasteiger partial charge in [0.2, 0.25) is 0 Å². The lowest BCUT2D eigenvalue weighted by molar-refractivity contribution is 0.573. The number of hydrogen-bond donors (Lipinski definition) is 1. The minimum absolute atomic E-state index is 0.00861. The molecular weight excluding hydrogens is 222 g/mol. The lowest BCUT2D eigenvalue weighted by Crippen LogP contribution is -2.21. The van der Waals surface area contributed by atoms with Crippen molar-refractivity contribution in [3.63, 3.8) is 0 Å². The zero-order chi connectivity index (χ0) is 12.3. The second kappa shape index (κ2) is 4.97. The van der Waals surface area contributed by atoms with Crippen LogP contribution in [-0.2, 0) is 9.84 Å². The van der Waals surface area contributed by atoms with E-state index in [2.05, 4.69) is 0 Å². The first-order valence-electron chi connectivity index (χ1n) is 5.37. The van der Waals surface area contributed by atoms with Gasteiger partial charge in [0, 0.05) is 0 Å². The van der Waals surface area contributed by atoms with Crippen molar-refractivity contribution in [2.45, 2.75) is 25.7 Å². The van der Waals surface area contributed by atoms with E-state index in [9.17, 15) is 8.42 Å². The molecule has 90 valence electrons. The van der Waals surface area contributed by atoms with Crippen molar-refractivity contribution in [1.82, 2.24) is 0 Å². The van der Waals surface area contributed by atoms with Crippen molar-refractivity contribution < 1.29 is 8.42 Å². The summed E-state index contributed by atoms with van der Waals surface area (Å²) in [7, 11) is -3.20. The third-order valence-electron chi connectivity index (χ3n) is 2.57. The van der Waals surface area contributed by atoms with Crippen LogP contribution in [-0.4, -0.2) is 20.7 Å². The Labute approximate surface area is 97.6 Å². The highest BCUT2D eigenvalue weighted by molar-refractivity contribution is 7.91. The van der Waals surface area contributed by atoms with Gasteiger partial charge in [0.05, 0.1) is 10.6 Å². The summed E-state index contributed by atoms with van der Waals surface area (Å²) in [6, 6.07) is 5.40. The molecule has 3 nitrogen and oxygen atoms in total. The minimum Gasteiger partial charge on any atom is -0.330 e. The van der Waals surface area contributed by atoms with Crippen LogP contribution in [0.3, 0.4) is 0 Å². The zero-order valence-electron chi connectivity index (χ0n) is 10.0. The lowest BCUT2D eigenvalue weighted by atomic mass is 10.2. The van der Waals surface area contributed by atoms with E-state index in [0.29, 0.717) is 11.4 Å². The summed E-state index contributed by atoms with van der Waals surface area (Å²) >= 11 is 0. The van der Waals surface area contributed by atoms with Crippen LogP contribution in [0.2, 0.25) is 0 Å². The molecule has 0 saturated carbocycles. The van der Waals surface area contributed by atoms with Crippen molar-refractivity contribution in [3.05, 3.63) is 29.3 Å². The molecule has 0 radical (unpaired) electrons. The Morgan fingerprint density at radius 3 is 2.44 bits per heavy atom. The highest BCUT2D eigenvalue weighted by Gasteiger charge is 2.19. The van der Waals surface area contributed by atoms with Crippen molar-refractivity contribution in [2.75, 3.05) is 12.3 Å². The van der Waals surface area contributed by atoms with Gasteiger partial charge >= 0.3 is 0 Å². The monoisotopic (exact) mass is 241 g/mol. The average Bonchev–Trinajstić information content (AvgIpc) is 2.16. The first kappa shape index (κ1) is 13.2. The van der Waals surface area contributed by atoms with Crippen molar-refractivity contribution in [2.24, 2.45) is 11.7 Å². The van der Waals surface area contributed by atoms with E-state index in [1.54, 1.807) is 6.07 Å². The van der Waals surface area contributed by atoms with Crippen LogP contribution in [0.5, 0.6) is 0 Å². The summed E-state index contributed by atoms with van der Waals surface area (Å²) in [6.45, 7) is 6.02. The van der Waals surface area contributed by atoms with Crippen LogP contribution in [0.4, 0.5) is 0 Å². The summed E-state index contributed by atoms with van der Waals surface area (Å²) in [5, 5.41) is 0. The molecule has 1 unspecified atom stereocenters. The van der Waals surface area contributed by atoms with Crippen LogP contribution in [0, 0.1) is 19.8 Å². The maximum atomic E-state index is 12.1. The maximum absolute atomic E-state index is 12.1. The predicted octanol–water partition coefficient (Wildman–Crippen LogP) is 1.67. The van der Waals surface area contributed by atoms with Crippen LogP contribution in [0.15, 0.2) is 23.1 Å². The molecule has 1 rings (SSSR count). The predicted molar refractivity (Wildman–Crippen MR) is 66.2 cm³/mol. The lowest BCUT2D eigenvalue weighted by Gasteiger charge is -2.11. The number of benzene rings is 1. The van der Waals surface area contributed by atoms with Crippen LogP contribution in [0.1, 0.15) is 18.1 Å². The number of aryl methyl sites for hydroxylation is 2. The summed E-state index contributed by atoms with van der Waals surface area (Å²) in [5.41, 5.74) is 7.34. The van der Waals surface area contributed by atoms with Crippen molar-refractivity contribution in [1.29, 1.82) is 0 Å². The van der Waals surface area contributed by atoms with E-state index in [0.717, 1.165) is 11.1 Å². The second-order valence-electron chi connectivity index (χ2n) is 4.39. The molecule has 0 aliphatic rings. The van der Waals surface area contributed by atoms with Crippen LogP contribution < -0.4 is 5.73 Å². The standard InChI is InChI=1S/C12H19NO2S/c1-9-4-5-12(11(3)6-9)16(14,15)8-10(2)7-13/h4-6,10H,7-8,13H2,1-3H3. The molecule has 16 heavy (non-hydrogen) atoms. The van der Waals surface area contributed by atoms with Crippen LogP contribution >= 0.6 is 0 Å². The molecule has 0 fully saturated rings. The molecule has 0 aliphatic carbocycles. The van der Waals surface area contributed by atoms with Crippen LogP contribution in [0.25, 0.3) is 0 Å². The van der Waals surface area contributed by atoms with Gasteiger partial charge in [-0.3, -0.25) is 0 Å². The van der Waals surface area contributed by atoms with Gasteiger partial charge in [0.25, 0.3) is 0 Å². The van der Waals surface area contributed by atoms with E-state index in [4.69, 9.17) is 5.73 Å². The van der Waals surface area contributed by atoms with Gasteiger partial charge in [-0.05, 0) is 37.9 Å². The minimum atomic E-state index is -3.20. The Hall–Kier alpha value is -0.870. The Kier molecular flexibility index (Phi) is 4.10. The highest BCUT2D eigenvalue weighted by Crippen LogP contribution is 2.19. The number of sulfone groups is 1. The van der Waals surface area contributed by atoms with Gasteiger partial charge in [-0.2, -0.15) is 0 Å². The first-order chi connectivity index (χ1) is 7.36. The molecule has 1 atom stereocenters. The fourth-order valence-electron chi connectivity index (χ4n) is 1.68. The number of hydrogen-bond acceptors (Lipinski definition) is 3. The molecule has 0 saturated heterocycles. The van der Waals surface area contributed by atoms with Gasteiger partial charge in [0.15, 0.2) is 9.84 Å². The summed E-state index contributed by atoms with van der Waals surface area (Å²) in [6.07, 6.45) is 0. The summed E-state index contributed by atoms with van der Waals surface area (Å²) < 4.78 is 24.2. The van der Waals surface area contributed by atoms with Crippen molar-refractivity contribution >= 4 is 9.84 Å². The number of nitrogens with two attached hydrogens (primary N) is 1. The van der Waals surface area contributed by atoms with E-state index in [1.807, 2.05) is 32.9 Å². The average molecular weight is 241 g/mol. The summed E-state index contributed by atoms with van der Waals surface area (Å²) in [4.78, 5) is 0.429. The Morgan fingerprint density at radius 1 is 1.31 bits per heavy atom. The van der Waals surface area contributed by atoms with Gasteiger partial charge in [-0.1, -0.05) is 24.6 Å². The normalized spacial score (nSPS) is 13.8. The smallest absolute Gasteiger partial charge is 0.178 e. The molecule has 2 N–H and O–H groups in total. The Morgan fingerprint density at radius 2 is 1.94 bits per heavy atom. The molecule has 1 aromatic rings. The molecular formula is C12H19NO2S. The first-order valence-corrected chi connectivity index (χ1v) is 7.02. The highest BCUT2D eigenvalue weighted by atomic mass is 32.2. The van der Waals surface area contributed by atoms with E-state index >= 15 is 0 Å². The van der Waals surface area contributed by atoms with Gasteiger partial charge in [-0.25, -0.2) is 8.42 Å². The molecule has 0 aliphatic heterocycles. The van der Waals surface area contributed by atoms with Gasteiger partial charge < -0.3 is 5.73 Å². The van der Waals surface area contributed by atoms with Gasteiger partial charge in [-0.15, -0.1) is 0 Å². The van der Waals surface area contributed by atoms with E-state index in [1.165, 1.54) is 0 Å². The molecule has 0 spiro atoms. The van der Waals surface area contributed by atoms with E-state index in [-0.39, 0.29) is 11.7 Å². The van der Waals surface area contributed by atoms with Crippen molar-refractivity contribution in [3.8, 4) is 0 Å². The Balaban J connectivity index is 3.08. The molecule has 4 heteroatoms. The van der Waals surface area contributed by atoms with Gasteiger partial charge in [0.1, 0.15) is 0 Å². The molecule has 0 aromatic heterocycles. The maximum Gasteiger partial charge on any atom is 0.178 e. The third-order valence-corrected chi connectivity index (χ3v) is 4.71. The molecule has 1 aromatic carbocycles. The zero-order valence-corrected chi connectivity index (χ0v) is 10.8. The second-order valence-corrected chi connectivity index (χ2v) is 6.39. The SMILES string of the molecule is Cc1ccc(S(=O)(=O)CC(C)CN)c(C)c1. The summed E-state index contributed by atoms with van der Waals surface area (Å²) in [5.74, 6) is 0.110. The Bertz CT molecular complexity index is 466. The molecule has 0 bridgehead atoms. The topological polar surface area (TPSA) is 60.2 Å². The molecule has 0 heterocycles. The third kappa shape index (κ3) is 3.06. The largest absolute Gasteiger partial charge is 0.330 e. The quantitative estimate of drug-likeness (QED) is 0.872. The van der Waals surface area contributed by atoms with E-state index < -0.39 is 9.84 Å². The molecule has 0 amide bonds. The number of rotatable bonds is 4. The fraction of sp³-hybridized carbons (Fsp3) is 0.500. The fourth-order valence-corrected chi connectivity index (χ4v) is 3.57.